The quantitative estimate of drug-likeness (QED) is 0.539. The zero-order chi connectivity index (χ0) is 8.72. The Labute approximate surface area is 75.4 Å². The standard InChI is InChI=1S/C11H19N/c1-8(2)12-6-10-4-9(3)5-11(10)7-12/h4,8,10-11H,5-7H2,1-3H3. The maximum absolute atomic E-state index is 2.61. The van der Waals surface area contributed by atoms with Crippen LogP contribution < -0.4 is 0 Å². The molecule has 1 aliphatic carbocycles. The van der Waals surface area contributed by atoms with E-state index in [0.717, 1.165) is 17.9 Å². The number of allylic oxidation sites excluding steroid dienone is 1. The van der Waals surface area contributed by atoms with Crippen LogP contribution in [0.15, 0.2) is 11.6 Å². The van der Waals surface area contributed by atoms with Crippen LogP contribution in [0.4, 0.5) is 0 Å². The molecular formula is C11H19N. The molecular weight excluding hydrogens is 146 g/mol. The van der Waals surface area contributed by atoms with Gasteiger partial charge in [0.25, 0.3) is 0 Å². The first kappa shape index (κ1) is 8.31. The lowest BCUT2D eigenvalue weighted by molar-refractivity contribution is 0.262. The van der Waals surface area contributed by atoms with E-state index in [-0.39, 0.29) is 0 Å². The zero-order valence-corrected chi connectivity index (χ0v) is 8.38. The Morgan fingerprint density at radius 3 is 2.75 bits per heavy atom. The Morgan fingerprint density at radius 1 is 1.42 bits per heavy atom. The smallest absolute Gasteiger partial charge is 0.00505 e. The number of hydrogen-bond acceptors (Lipinski definition) is 1. The van der Waals surface area contributed by atoms with Gasteiger partial charge in [-0.1, -0.05) is 11.6 Å². The van der Waals surface area contributed by atoms with Crippen molar-refractivity contribution in [2.75, 3.05) is 13.1 Å². The van der Waals surface area contributed by atoms with Gasteiger partial charge in [0.1, 0.15) is 0 Å². The molecule has 2 rings (SSSR count). The van der Waals surface area contributed by atoms with Crippen LogP contribution in [0.2, 0.25) is 0 Å². The van der Waals surface area contributed by atoms with E-state index in [4.69, 9.17) is 0 Å². The summed E-state index contributed by atoms with van der Waals surface area (Å²) in [6.07, 6.45) is 3.85. The van der Waals surface area contributed by atoms with E-state index in [1.54, 1.807) is 5.57 Å². The van der Waals surface area contributed by atoms with Crippen LogP contribution >= 0.6 is 0 Å². The van der Waals surface area contributed by atoms with E-state index >= 15 is 0 Å². The first-order valence-corrected chi connectivity index (χ1v) is 5.08. The van der Waals surface area contributed by atoms with E-state index in [9.17, 15) is 0 Å². The van der Waals surface area contributed by atoms with E-state index in [1.165, 1.54) is 19.5 Å². The van der Waals surface area contributed by atoms with Gasteiger partial charge in [0.05, 0.1) is 0 Å². The van der Waals surface area contributed by atoms with E-state index < -0.39 is 0 Å². The average Bonchev–Trinajstić information content (AvgIpc) is 2.42. The molecule has 1 saturated heterocycles. The largest absolute Gasteiger partial charge is 0.300 e. The van der Waals surface area contributed by atoms with Crippen molar-refractivity contribution in [2.45, 2.75) is 33.2 Å². The third-order valence-corrected chi connectivity index (χ3v) is 3.33. The van der Waals surface area contributed by atoms with E-state index in [2.05, 4.69) is 31.7 Å². The predicted molar refractivity (Wildman–Crippen MR) is 52.1 cm³/mol. The SMILES string of the molecule is CC1=CC2CN(C(C)C)CC2C1. The minimum Gasteiger partial charge on any atom is -0.300 e. The van der Waals surface area contributed by atoms with Crippen LogP contribution in [-0.2, 0) is 0 Å². The molecule has 1 nitrogen and oxygen atoms in total. The van der Waals surface area contributed by atoms with E-state index in [0.29, 0.717) is 0 Å². The zero-order valence-electron chi connectivity index (χ0n) is 8.38. The van der Waals surface area contributed by atoms with Gasteiger partial charge in [-0.2, -0.15) is 0 Å². The second kappa shape index (κ2) is 2.88. The number of likely N-dealkylation sites (tertiary alicyclic amines) is 1. The Balaban J connectivity index is 2.01. The van der Waals surface area contributed by atoms with Crippen molar-refractivity contribution >= 4 is 0 Å². The fourth-order valence-corrected chi connectivity index (χ4v) is 2.60. The minimum absolute atomic E-state index is 0.740. The van der Waals surface area contributed by atoms with Crippen LogP contribution in [0, 0.1) is 11.8 Å². The first-order chi connectivity index (χ1) is 5.66. The molecule has 2 aliphatic rings. The highest BCUT2D eigenvalue weighted by Crippen LogP contribution is 2.36. The van der Waals surface area contributed by atoms with Crippen molar-refractivity contribution in [3.63, 3.8) is 0 Å². The van der Waals surface area contributed by atoms with Gasteiger partial charge in [0.2, 0.25) is 0 Å². The summed E-state index contributed by atoms with van der Waals surface area (Å²) in [7, 11) is 0. The molecule has 1 heterocycles. The molecule has 0 N–H and O–H groups in total. The molecule has 12 heavy (non-hydrogen) atoms. The maximum Gasteiger partial charge on any atom is 0.00505 e. The summed E-state index contributed by atoms with van der Waals surface area (Å²) in [6, 6.07) is 0.740. The monoisotopic (exact) mass is 165 g/mol. The third kappa shape index (κ3) is 1.31. The van der Waals surface area contributed by atoms with Crippen molar-refractivity contribution < 1.29 is 0 Å². The van der Waals surface area contributed by atoms with Gasteiger partial charge in [-0.3, -0.25) is 0 Å². The molecule has 1 heteroatoms. The van der Waals surface area contributed by atoms with Gasteiger partial charge < -0.3 is 4.90 Å². The van der Waals surface area contributed by atoms with Crippen molar-refractivity contribution in [3.05, 3.63) is 11.6 Å². The molecule has 0 aromatic heterocycles. The summed E-state index contributed by atoms with van der Waals surface area (Å²) < 4.78 is 0. The van der Waals surface area contributed by atoms with Crippen molar-refractivity contribution in [2.24, 2.45) is 11.8 Å². The summed E-state index contributed by atoms with van der Waals surface area (Å²) in [6.45, 7) is 9.52. The van der Waals surface area contributed by atoms with Crippen LogP contribution in [-0.4, -0.2) is 24.0 Å². The second-order valence-corrected chi connectivity index (χ2v) is 4.69. The second-order valence-electron chi connectivity index (χ2n) is 4.69. The number of hydrogen-bond donors (Lipinski definition) is 0. The predicted octanol–water partition coefficient (Wildman–Crippen LogP) is 2.29. The Bertz CT molecular complexity index is 205. The van der Waals surface area contributed by atoms with Gasteiger partial charge in [-0.25, -0.2) is 0 Å². The van der Waals surface area contributed by atoms with Gasteiger partial charge in [0.15, 0.2) is 0 Å². The minimum atomic E-state index is 0.740. The molecule has 68 valence electrons. The molecule has 0 amide bonds. The number of fused-ring (bicyclic) bond motifs is 1. The number of nitrogens with zero attached hydrogens (tertiary/aromatic N) is 1. The fraction of sp³-hybridized carbons (Fsp3) is 0.818. The molecule has 0 saturated carbocycles. The maximum atomic E-state index is 2.61. The van der Waals surface area contributed by atoms with Crippen molar-refractivity contribution in [3.8, 4) is 0 Å². The van der Waals surface area contributed by atoms with Crippen molar-refractivity contribution in [1.82, 2.24) is 4.90 Å². The molecule has 0 aromatic rings. The average molecular weight is 165 g/mol. The summed E-state index contributed by atoms with van der Waals surface area (Å²) in [5.41, 5.74) is 1.62. The molecule has 0 aromatic carbocycles. The van der Waals surface area contributed by atoms with Crippen molar-refractivity contribution in [1.29, 1.82) is 0 Å². The molecule has 2 unspecified atom stereocenters. The van der Waals surface area contributed by atoms with Gasteiger partial charge in [-0.15, -0.1) is 0 Å². The highest BCUT2D eigenvalue weighted by atomic mass is 15.2. The summed E-state index contributed by atoms with van der Waals surface area (Å²) >= 11 is 0. The molecule has 0 spiro atoms. The molecule has 1 aliphatic heterocycles. The Hall–Kier alpha value is -0.300. The summed E-state index contributed by atoms with van der Waals surface area (Å²) in [5.74, 6) is 1.83. The van der Waals surface area contributed by atoms with Crippen LogP contribution in [0.5, 0.6) is 0 Å². The lowest BCUT2D eigenvalue weighted by Gasteiger charge is -2.20. The highest BCUT2D eigenvalue weighted by Gasteiger charge is 2.35. The molecule has 0 bridgehead atoms. The van der Waals surface area contributed by atoms with Crippen LogP contribution in [0.1, 0.15) is 27.2 Å². The summed E-state index contributed by atoms with van der Waals surface area (Å²) in [5, 5.41) is 0. The fourth-order valence-electron chi connectivity index (χ4n) is 2.60. The lowest BCUT2D eigenvalue weighted by atomic mass is 10.00. The molecule has 2 atom stereocenters. The topological polar surface area (TPSA) is 3.24 Å². The highest BCUT2D eigenvalue weighted by molar-refractivity contribution is 5.14. The Morgan fingerprint density at radius 2 is 2.17 bits per heavy atom. The molecule has 1 fully saturated rings. The van der Waals surface area contributed by atoms with Gasteiger partial charge >= 0.3 is 0 Å². The van der Waals surface area contributed by atoms with Crippen LogP contribution in [0.25, 0.3) is 0 Å². The lowest BCUT2D eigenvalue weighted by Crippen LogP contribution is -2.28. The van der Waals surface area contributed by atoms with Gasteiger partial charge in [-0.05, 0) is 39.0 Å². The van der Waals surface area contributed by atoms with Gasteiger partial charge in [0, 0.05) is 19.1 Å². The third-order valence-electron chi connectivity index (χ3n) is 3.33. The molecule has 0 radical (unpaired) electrons. The summed E-state index contributed by atoms with van der Waals surface area (Å²) in [4.78, 5) is 2.61. The Kier molecular flexibility index (Phi) is 1.99. The van der Waals surface area contributed by atoms with Crippen LogP contribution in [0.3, 0.4) is 0 Å². The normalized spacial score (nSPS) is 35.8. The first-order valence-electron chi connectivity index (χ1n) is 5.08. The number of rotatable bonds is 1. The van der Waals surface area contributed by atoms with E-state index in [1.807, 2.05) is 0 Å².